The molecule has 0 aromatic carbocycles. The van der Waals surface area contributed by atoms with Crippen LogP contribution in [0.3, 0.4) is 0 Å². The predicted molar refractivity (Wildman–Crippen MR) is 44.7 cm³/mol. The molecule has 0 radical (unpaired) electrons. The number of hydrogen-bond acceptors (Lipinski definition) is 4. The van der Waals surface area contributed by atoms with Crippen molar-refractivity contribution >= 4 is 11.9 Å². The lowest BCUT2D eigenvalue weighted by molar-refractivity contribution is -0.120. The SMILES string of the molecule is COCCCC1N=C(N)NC1=O. The van der Waals surface area contributed by atoms with Gasteiger partial charge in [0.05, 0.1) is 0 Å². The van der Waals surface area contributed by atoms with Crippen LogP contribution >= 0.6 is 0 Å². The fraction of sp³-hybridized carbons (Fsp3) is 0.714. The third-order valence-corrected chi connectivity index (χ3v) is 1.67. The molecule has 0 bridgehead atoms. The van der Waals surface area contributed by atoms with E-state index in [1.807, 2.05) is 0 Å². The number of rotatable bonds is 4. The topological polar surface area (TPSA) is 76.7 Å². The van der Waals surface area contributed by atoms with Gasteiger partial charge >= 0.3 is 0 Å². The lowest BCUT2D eigenvalue weighted by Crippen LogP contribution is -2.33. The van der Waals surface area contributed by atoms with Crippen molar-refractivity contribution in [3.05, 3.63) is 0 Å². The van der Waals surface area contributed by atoms with Gasteiger partial charge in [-0.05, 0) is 12.8 Å². The van der Waals surface area contributed by atoms with Crippen LogP contribution < -0.4 is 11.1 Å². The summed E-state index contributed by atoms with van der Waals surface area (Å²) < 4.78 is 4.85. The molecule has 0 spiro atoms. The number of carbonyl (C=O) groups is 1. The minimum absolute atomic E-state index is 0.108. The smallest absolute Gasteiger partial charge is 0.251 e. The average Bonchev–Trinajstić information content (AvgIpc) is 2.31. The summed E-state index contributed by atoms with van der Waals surface area (Å²) in [7, 11) is 1.63. The Labute approximate surface area is 71.0 Å². The third-order valence-electron chi connectivity index (χ3n) is 1.67. The van der Waals surface area contributed by atoms with Crippen LogP contribution in [0.2, 0.25) is 0 Å². The Balaban J connectivity index is 2.28. The zero-order valence-electron chi connectivity index (χ0n) is 7.04. The fourth-order valence-corrected chi connectivity index (χ4v) is 1.08. The van der Waals surface area contributed by atoms with E-state index in [0.717, 1.165) is 6.42 Å². The van der Waals surface area contributed by atoms with Crippen molar-refractivity contribution in [1.29, 1.82) is 0 Å². The number of guanidine groups is 1. The van der Waals surface area contributed by atoms with E-state index in [9.17, 15) is 4.79 Å². The van der Waals surface area contributed by atoms with Gasteiger partial charge in [0.1, 0.15) is 6.04 Å². The van der Waals surface area contributed by atoms with Crippen LogP contribution in [-0.2, 0) is 9.53 Å². The highest BCUT2D eigenvalue weighted by atomic mass is 16.5. The molecule has 1 atom stereocenters. The maximum Gasteiger partial charge on any atom is 0.251 e. The first-order valence-corrected chi connectivity index (χ1v) is 3.87. The number of aliphatic imine (C=N–C) groups is 1. The van der Waals surface area contributed by atoms with E-state index in [0.29, 0.717) is 13.0 Å². The first-order chi connectivity index (χ1) is 5.74. The van der Waals surface area contributed by atoms with Gasteiger partial charge in [-0.1, -0.05) is 0 Å². The summed E-state index contributed by atoms with van der Waals surface area (Å²) in [6, 6.07) is -0.305. The molecule has 5 nitrogen and oxygen atoms in total. The van der Waals surface area contributed by atoms with Crippen molar-refractivity contribution in [3.8, 4) is 0 Å². The number of ether oxygens (including phenoxy) is 1. The summed E-state index contributed by atoms with van der Waals surface area (Å²) in [6.07, 6.45) is 1.52. The summed E-state index contributed by atoms with van der Waals surface area (Å²) in [5, 5.41) is 2.44. The van der Waals surface area contributed by atoms with Gasteiger partial charge < -0.3 is 10.5 Å². The minimum atomic E-state index is -0.305. The quantitative estimate of drug-likeness (QED) is 0.545. The summed E-state index contributed by atoms with van der Waals surface area (Å²) in [5.74, 6) is 0.117. The van der Waals surface area contributed by atoms with Crippen LogP contribution in [0.25, 0.3) is 0 Å². The molecule has 1 amide bonds. The molecule has 1 unspecified atom stereocenters. The van der Waals surface area contributed by atoms with E-state index < -0.39 is 0 Å². The van der Waals surface area contributed by atoms with Gasteiger partial charge in [0.2, 0.25) is 0 Å². The number of carbonyl (C=O) groups excluding carboxylic acids is 1. The van der Waals surface area contributed by atoms with E-state index in [4.69, 9.17) is 10.5 Å². The van der Waals surface area contributed by atoms with E-state index in [2.05, 4.69) is 10.3 Å². The van der Waals surface area contributed by atoms with Gasteiger partial charge in [-0.3, -0.25) is 10.1 Å². The van der Waals surface area contributed by atoms with Crippen molar-refractivity contribution in [2.24, 2.45) is 10.7 Å². The van der Waals surface area contributed by atoms with Crippen LogP contribution in [0.15, 0.2) is 4.99 Å². The molecule has 1 aliphatic rings. The molecule has 0 aromatic heterocycles. The van der Waals surface area contributed by atoms with Gasteiger partial charge in [-0.15, -0.1) is 0 Å². The Morgan fingerprint density at radius 2 is 2.50 bits per heavy atom. The number of methoxy groups -OCH3 is 1. The minimum Gasteiger partial charge on any atom is -0.385 e. The number of nitrogens with two attached hydrogens (primary N) is 1. The van der Waals surface area contributed by atoms with Crippen molar-refractivity contribution in [2.45, 2.75) is 18.9 Å². The Hall–Kier alpha value is -1.10. The first kappa shape index (κ1) is 8.99. The lowest BCUT2D eigenvalue weighted by Gasteiger charge is -2.02. The Morgan fingerprint density at radius 3 is 3.00 bits per heavy atom. The van der Waals surface area contributed by atoms with Gasteiger partial charge in [-0.25, -0.2) is 4.99 Å². The molecule has 1 rings (SSSR count). The molecular formula is C7H13N3O2. The van der Waals surface area contributed by atoms with Gasteiger partial charge in [0, 0.05) is 13.7 Å². The monoisotopic (exact) mass is 171 g/mol. The molecule has 3 N–H and O–H groups in total. The maximum absolute atomic E-state index is 11.0. The second-order valence-electron chi connectivity index (χ2n) is 2.65. The van der Waals surface area contributed by atoms with E-state index in [1.165, 1.54) is 0 Å². The van der Waals surface area contributed by atoms with Crippen molar-refractivity contribution in [3.63, 3.8) is 0 Å². The molecule has 5 heteroatoms. The van der Waals surface area contributed by atoms with Crippen molar-refractivity contribution in [2.75, 3.05) is 13.7 Å². The molecule has 1 heterocycles. The first-order valence-electron chi connectivity index (χ1n) is 3.87. The largest absolute Gasteiger partial charge is 0.385 e. The highest BCUT2D eigenvalue weighted by Gasteiger charge is 2.23. The molecule has 0 aromatic rings. The number of hydrogen-bond donors (Lipinski definition) is 2. The molecule has 0 aliphatic carbocycles. The summed E-state index contributed by atoms with van der Waals surface area (Å²) in [4.78, 5) is 15.0. The predicted octanol–water partition coefficient (Wildman–Crippen LogP) is -0.774. The Kier molecular flexibility index (Phi) is 3.04. The van der Waals surface area contributed by atoms with Gasteiger partial charge in [-0.2, -0.15) is 0 Å². The Morgan fingerprint density at radius 1 is 1.75 bits per heavy atom. The second-order valence-corrected chi connectivity index (χ2v) is 2.65. The van der Waals surface area contributed by atoms with Crippen LogP contribution in [0.4, 0.5) is 0 Å². The van der Waals surface area contributed by atoms with Crippen LogP contribution in [0.1, 0.15) is 12.8 Å². The number of nitrogens with zero attached hydrogens (tertiary/aromatic N) is 1. The van der Waals surface area contributed by atoms with Gasteiger partial charge in [0.15, 0.2) is 5.96 Å². The lowest BCUT2D eigenvalue weighted by atomic mass is 10.2. The fourth-order valence-electron chi connectivity index (χ4n) is 1.08. The van der Waals surface area contributed by atoms with E-state index in [1.54, 1.807) is 7.11 Å². The standard InChI is InChI=1S/C7H13N3O2/c1-12-4-2-3-5-6(11)10-7(8)9-5/h5H,2-4H2,1H3,(H3,8,9,10,11). The maximum atomic E-state index is 11.0. The van der Waals surface area contributed by atoms with Gasteiger partial charge in [0.25, 0.3) is 5.91 Å². The molecule has 68 valence electrons. The molecule has 12 heavy (non-hydrogen) atoms. The average molecular weight is 171 g/mol. The van der Waals surface area contributed by atoms with Crippen LogP contribution in [0, 0.1) is 0 Å². The van der Waals surface area contributed by atoms with Crippen molar-refractivity contribution < 1.29 is 9.53 Å². The summed E-state index contributed by atoms with van der Waals surface area (Å²) in [5.41, 5.74) is 5.31. The highest BCUT2D eigenvalue weighted by Crippen LogP contribution is 2.06. The number of amides is 1. The van der Waals surface area contributed by atoms with E-state index in [-0.39, 0.29) is 17.9 Å². The highest BCUT2D eigenvalue weighted by molar-refractivity contribution is 6.04. The summed E-state index contributed by atoms with van der Waals surface area (Å²) in [6.45, 7) is 0.652. The molecule has 1 aliphatic heterocycles. The van der Waals surface area contributed by atoms with Crippen LogP contribution in [-0.4, -0.2) is 31.6 Å². The zero-order chi connectivity index (χ0) is 8.97. The molecule has 0 saturated carbocycles. The van der Waals surface area contributed by atoms with E-state index >= 15 is 0 Å². The van der Waals surface area contributed by atoms with Crippen LogP contribution in [0.5, 0.6) is 0 Å². The number of nitrogens with one attached hydrogen (secondary N) is 1. The third kappa shape index (κ3) is 2.20. The second kappa shape index (κ2) is 4.06. The Bertz CT molecular complexity index is 203. The summed E-state index contributed by atoms with van der Waals surface area (Å²) >= 11 is 0. The molecule has 0 saturated heterocycles. The zero-order valence-corrected chi connectivity index (χ0v) is 7.04. The normalized spacial score (nSPS) is 22.2. The van der Waals surface area contributed by atoms with Crippen molar-refractivity contribution in [1.82, 2.24) is 5.32 Å². The molecular weight excluding hydrogens is 158 g/mol. The molecule has 0 fully saturated rings.